The van der Waals surface area contributed by atoms with E-state index in [9.17, 15) is 4.79 Å². The summed E-state index contributed by atoms with van der Waals surface area (Å²) >= 11 is 5.97. The summed E-state index contributed by atoms with van der Waals surface area (Å²) in [7, 11) is 0. The molecule has 1 aliphatic rings. The Bertz CT molecular complexity index is 514. The molecule has 0 fully saturated rings. The predicted molar refractivity (Wildman–Crippen MR) is 62.5 cm³/mol. The van der Waals surface area contributed by atoms with Gasteiger partial charge in [-0.15, -0.1) is 0 Å². The molecule has 0 saturated heterocycles. The van der Waals surface area contributed by atoms with Crippen molar-refractivity contribution in [3.05, 3.63) is 29.3 Å². The van der Waals surface area contributed by atoms with Crippen molar-refractivity contribution in [2.45, 2.75) is 12.6 Å². The van der Waals surface area contributed by atoms with Gasteiger partial charge < -0.3 is 10.4 Å². The van der Waals surface area contributed by atoms with E-state index in [0.29, 0.717) is 16.3 Å². The van der Waals surface area contributed by atoms with Crippen molar-refractivity contribution in [1.29, 1.82) is 0 Å². The molecule has 1 aromatic heterocycles. The Balaban J connectivity index is 2.41. The summed E-state index contributed by atoms with van der Waals surface area (Å²) in [5, 5.41) is 12.2. The van der Waals surface area contributed by atoms with Crippen molar-refractivity contribution in [2.24, 2.45) is 4.99 Å². The number of rotatable bonds is 2. The first-order valence-corrected chi connectivity index (χ1v) is 5.13. The van der Waals surface area contributed by atoms with Crippen molar-refractivity contribution in [2.75, 3.05) is 0 Å². The maximum atomic E-state index is 11.1. The second kappa shape index (κ2) is 4.14. The van der Waals surface area contributed by atoms with E-state index in [4.69, 9.17) is 16.7 Å². The molecule has 2 heterocycles. The normalized spacial score (nSPS) is 23.4. The lowest BCUT2D eigenvalue weighted by Gasteiger charge is -2.28. The number of allylic oxidation sites excluding steroid dienone is 1. The Morgan fingerprint density at radius 2 is 2.12 bits per heavy atom. The highest BCUT2D eigenvalue weighted by Gasteiger charge is 2.35. The van der Waals surface area contributed by atoms with Gasteiger partial charge in [-0.3, -0.25) is 4.99 Å². The van der Waals surface area contributed by atoms with Gasteiger partial charge in [0.15, 0.2) is 0 Å². The average molecular weight is 253 g/mol. The van der Waals surface area contributed by atoms with E-state index >= 15 is 0 Å². The molecule has 0 saturated carbocycles. The van der Waals surface area contributed by atoms with E-state index in [1.165, 1.54) is 19.5 Å². The molecular formula is C10H9ClN4O2. The summed E-state index contributed by atoms with van der Waals surface area (Å²) in [5.74, 6) is -1.09. The molecule has 88 valence electrons. The zero-order chi connectivity index (χ0) is 12.5. The molecule has 6 nitrogen and oxygen atoms in total. The highest BCUT2D eigenvalue weighted by atomic mass is 35.5. The number of halogens is 1. The molecule has 2 rings (SSSR count). The number of aliphatic carboxylic acids is 1. The number of carboxylic acids is 1. The Morgan fingerprint density at radius 3 is 2.71 bits per heavy atom. The average Bonchev–Trinajstić information content (AvgIpc) is 2.33. The highest BCUT2D eigenvalue weighted by Crippen LogP contribution is 2.24. The number of hydrogen-bond donors (Lipinski definition) is 2. The quantitative estimate of drug-likeness (QED) is 0.815. The topological polar surface area (TPSA) is 87.5 Å². The Morgan fingerprint density at radius 1 is 1.47 bits per heavy atom. The van der Waals surface area contributed by atoms with Gasteiger partial charge in [-0.2, -0.15) is 0 Å². The van der Waals surface area contributed by atoms with E-state index < -0.39 is 11.6 Å². The van der Waals surface area contributed by atoms with E-state index in [-0.39, 0.29) is 0 Å². The van der Waals surface area contributed by atoms with Crippen LogP contribution in [0.4, 0.5) is 0 Å². The lowest BCUT2D eigenvalue weighted by molar-refractivity contribution is -0.143. The van der Waals surface area contributed by atoms with Crippen LogP contribution in [-0.2, 0) is 4.79 Å². The molecule has 0 amide bonds. The number of aromatic nitrogens is 2. The lowest BCUT2D eigenvalue weighted by atomic mass is 10.1. The van der Waals surface area contributed by atoms with Gasteiger partial charge in [0.25, 0.3) is 0 Å². The van der Waals surface area contributed by atoms with Gasteiger partial charge in [0.2, 0.25) is 5.66 Å². The first-order valence-electron chi connectivity index (χ1n) is 4.75. The molecule has 0 aromatic carbocycles. The van der Waals surface area contributed by atoms with Gasteiger partial charge >= 0.3 is 5.97 Å². The molecule has 0 bridgehead atoms. The van der Waals surface area contributed by atoms with Gasteiger partial charge in [-0.05, 0) is 6.92 Å². The van der Waals surface area contributed by atoms with Crippen molar-refractivity contribution in [1.82, 2.24) is 15.3 Å². The largest absolute Gasteiger partial charge is 0.478 e. The minimum atomic E-state index is -1.43. The summed E-state index contributed by atoms with van der Waals surface area (Å²) in [4.78, 5) is 22.6. The SMILES string of the molecule is CC1(C(=O)O)N=CC(Cl)=C(c2cncnc2)N1. The number of aliphatic imine (C=N–C) groups is 1. The van der Waals surface area contributed by atoms with Crippen LogP contribution in [0.2, 0.25) is 0 Å². The highest BCUT2D eigenvalue weighted by molar-refractivity contribution is 6.42. The number of hydrogen-bond acceptors (Lipinski definition) is 5. The molecule has 2 N–H and O–H groups in total. The second-order valence-corrected chi connectivity index (χ2v) is 4.02. The van der Waals surface area contributed by atoms with Crippen LogP contribution in [0.15, 0.2) is 28.7 Å². The maximum Gasteiger partial charge on any atom is 0.352 e. The molecule has 7 heteroatoms. The number of carbonyl (C=O) groups is 1. The van der Waals surface area contributed by atoms with Crippen molar-refractivity contribution < 1.29 is 9.90 Å². The van der Waals surface area contributed by atoms with Gasteiger partial charge in [0, 0.05) is 24.2 Å². The summed E-state index contributed by atoms with van der Waals surface area (Å²) < 4.78 is 0. The number of nitrogens with zero attached hydrogens (tertiary/aromatic N) is 3. The molecule has 1 aromatic rings. The molecule has 0 radical (unpaired) electrons. The second-order valence-electron chi connectivity index (χ2n) is 3.61. The van der Waals surface area contributed by atoms with E-state index in [2.05, 4.69) is 20.3 Å². The van der Waals surface area contributed by atoms with Crippen LogP contribution < -0.4 is 5.32 Å². The predicted octanol–water partition coefficient (Wildman–Crippen LogP) is 0.859. The standard InChI is InChI=1S/C10H9ClN4O2/c1-10(9(16)17)14-4-7(11)8(15-10)6-2-12-5-13-3-6/h2-5,15H,1H3,(H,16,17). The third-order valence-electron chi connectivity index (χ3n) is 2.31. The van der Waals surface area contributed by atoms with Crippen LogP contribution in [0.1, 0.15) is 12.5 Å². The fraction of sp³-hybridized carbons (Fsp3) is 0.200. The first kappa shape index (κ1) is 11.5. The van der Waals surface area contributed by atoms with Gasteiger partial charge in [-0.25, -0.2) is 14.8 Å². The third kappa shape index (κ3) is 2.12. The zero-order valence-corrected chi connectivity index (χ0v) is 9.64. The van der Waals surface area contributed by atoms with Gasteiger partial charge in [0.1, 0.15) is 6.33 Å². The summed E-state index contributed by atoms with van der Waals surface area (Å²) in [6.07, 6.45) is 5.78. The molecule has 1 unspecified atom stereocenters. The zero-order valence-electron chi connectivity index (χ0n) is 8.88. The minimum Gasteiger partial charge on any atom is -0.478 e. The van der Waals surface area contributed by atoms with Crippen molar-refractivity contribution in [3.8, 4) is 0 Å². The van der Waals surface area contributed by atoms with Crippen LogP contribution >= 0.6 is 11.6 Å². The fourth-order valence-corrected chi connectivity index (χ4v) is 1.54. The summed E-state index contributed by atoms with van der Waals surface area (Å²) in [6.45, 7) is 1.44. The number of carboxylic acid groups (broad SMARTS) is 1. The maximum absolute atomic E-state index is 11.1. The molecule has 0 aliphatic carbocycles. The molecular weight excluding hydrogens is 244 g/mol. The van der Waals surface area contributed by atoms with E-state index in [1.54, 1.807) is 12.4 Å². The van der Waals surface area contributed by atoms with Gasteiger partial charge in [0.05, 0.1) is 10.7 Å². The third-order valence-corrected chi connectivity index (χ3v) is 2.60. The first-order chi connectivity index (χ1) is 8.03. The van der Waals surface area contributed by atoms with Crippen LogP contribution in [0.3, 0.4) is 0 Å². The molecule has 17 heavy (non-hydrogen) atoms. The summed E-state index contributed by atoms with van der Waals surface area (Å²) in [5.41, 5.74) is -0.368. The smallest absolute Gasteiger partial charge is 0.352 e. The van der Waals surface area contributed by atoms with Crippen molar-refractivity contribution >= 4 is 29.5 Å². The summed E-state index contributed by atoms with van der Waals surface area (Å²) in [6, 6.07) is 0. The molecule has 1 atom stereocenters. The fourth-order valence-electron chi connectivity index (χ4n) is 1.33. The lowest BCUT2D eigenvalue weighted by Crippen LogP contribution is -2.48. The monoisotopic (exact) mass is 252 g/mol. The van der Waals surface area contributed by atoms with Crippen LogP contribution in [0.5, 0.6) is 0 Å². The van der Waals surface area contributed by atoms with E-state index in [1.807, 2.05) is 0 Å². The van der Waals surface area contributed by atoms with Crippen LogP contribution in [0, 0.1) is 0 Å². The number of nitrogens with one attached hydrogen (secondary N) is 1. The van der Waals surface area contributed by atoms with Crippen LogP contribution in [-0.4, -0.2) is 32.9 Å². The van der Waals surface area contributed by atoms with Gasteiger partial charge in [-0.1, -0.05) is 11.6 Å². The molecule has 1 aliphatic heterocycles. The Kier molecular flexibility index (Phi) is 2.81. The van der Waals surface area contributed by atoms with Crippen LogP contribution in [0.25, 0.3) is 5.70 Å². The minimum absolute atomic E-state index is 0.318. The van der Waals surface area contributed by atoms with E-state index in [0.717, 1.165) is 0 Å². The Hall–Kier alpha value is -1.95. The van der Waals surface area contributed by atoms with Crippen molar-refractivity contribution in [3.63, 3.8) is 0 Å². The molecule has 0 spiro atoms. The Labute approximate surface area is 102 Å².